The zero-order valence-corrected chi connectivity index (χ0v) is 44.9. The van der Waals surface area contributed by atoms with E-state index in [4.69, 9.17) is 23.4 Å². The molecule has 0 saturated heterocycles. The Labute approximate surface area is 486 Å². The van der Waals surface area contributed by atoms with Crippen LogP contribution >= 0.6 is 0 Å². The van der Waals surface area contributed by atoms with E-state index in [9.17, 15) is 5.26 Å². The summed E-state index contributed by atoms with van der Waals surface area (Å²) >= 11 is 0. The van der Waals surface area contributed by atoms with Crippen molar-refractivity contribution in [2.45, 2.75) is 26.2 Å². The fourth-order valence-electron chi connectivity index (χ4n) is 10.7. The minimum Gasteiger partial charge on any atom is -0.510 e. The molecule has 79 heavy (non-hydrogen) atoms. The van der Waals surface area contributed by atoms with Crippen molar-refractivity contribution in [1.29, 1.82) is 5.26 Å². The molecular weight excluding hydrogens is 1150 g/mol. The monoisotopic (exact) mass is 1210 g/mol. The van der Waals surface area contributed by atoms with Crippen molar-refractivity contribution in [3.05, 3.63) is 266 Å². The summed E-state index contributed by atoms with van der Waals surface area (Å²) in [5, 5.41) is 14.8. The Balaban J connectivity index is 0.00000729. The van der Waals surface area contributed by atoms with Crippen molar-refractivity contribution in [2.75, 3.05) is 0 Å². The number of hydrogen-bond acceptors (Lipinski definition) is 3. The summed E-state index contributed by atoms with van der Waals surface area (Å²) in [5.41, 5.74) is 9.16. The molecular formula is C71H48N6OPt-2. The van der Waals surface area contributed by atoms with Gasteiger partial charge >= 0.3 is 0 Å². The molecule has 4 aromatic heterocycles. The molecule has 0 N–H and O–H groups in total. The minimum absolute atomic E-state index is 0. The van der Waals surface area contributed by atoms with Gasteiger partial charge in [0.05, 0.1) is 47.5 Å². The Morgan fingerprint density at radius 3 is 1.99 bits per heavy atom. The number of rotatable bonds is 9. The number of nitrogens with zero attached hydrogens (tertiary/aromatic N) is 6. The average Bonchev–Trinajstić information content (AvgIpc) is 1.96. The maximum atomic E-state index is 10.7. The van der Waals surface area contributed by atoms with Crippen LogP contribution in [0.1, 0.15) is 45.6 Å². The minimum atomic E-state index is -0.602. The second kappa shape index (κ2) is 19.8. The zero-order valence-electron chi connectivity index (χ0n) is 52.7. The molecule has 14 rings (SSSR count). The van der Waals surface area contributed by atoms with Gasteiger partial charge in [-0.25, -0.2) is 4.98 Å². The Kier molecular flexibility index (Phi) is 9.72. The van der Waals surface area contributed by atoms with Crippen LogP contribution in [0, 0.1) is 29.8 Å². The number of para-hydroxylation sites is 6. The molecule has 0 aliphatic carbocycles. The number of pyridine rings is 1. The summed E-state index contributed by atoms with van der Waals surface area (Å²) in [4.78, 5) is 4.96. The molecule has 0 unspecified atom stereocenters. The van der Waals surface area contributed by atoms with E-state index in [-0.39, 0.29) is 65.7 Å². The summed E-state index contributed by atoms with van der Waals surface area (Å²) in [6, 6.07) is 58.4. The van der Waals surface area contributed by atoms with Gasteiger partial charge in [-0.2, -0.15) is 11.3 Å². The molecule has 0 spiro atoms. The molecule has 380 valence electrons. The van der Waals surface area contributed by atoms with Gasteiger partial charge in [-0.15, -0.1) is 35.7 Å². The molecule has 0 amide bonds. The normalized spacial score (nSPS) is 13.4. The first-order chi connectivity index (χ1) is 42.4. The van der Waals surface area contributed by atoms with Crippen molar-refractivity contribution in [1.82, 2.24) is 18.7 Å². The molecule has 14 aromatic rings. The Morgan fingerprint density at radius 1 is 0.570 bits per heavy atom. The first kappa shape index (κ1) is 38.9. The van der Waals surface area contributed by atoms with Crippen LogP contribution < -0.4 is 9.30 Å². The van der Waals surface area contributed by atoms with Crippen LogP contribution in [0.25, 0.3) is 111 Å². The van der Waals surface area contributed by atoms with E-state index >= 15 is 0 Å². The molecule has 0 fully saturated rings. The number of aromatic nitrogens is 5. The smallest absolute Gasteiger partial charge is 0.268 e. The van der Waals surface area contributed by atoms with Crippen LogP contribution in [0.4, 0.5) is 0 Å². The number of benzene rings is 10. The molecule has 10 aromatic carbocycles. The molecule has 0 atom stereocenters. The maximum Gasteiger partial charge on any atom is 0.268 e. The third kappa shape index (κ3) is 8.50. The molecule has 0 saturated carbocycles. The van der Waals surface area contributed by atoms with Crippen LogP contribution in [0.3, 0.4) is 0 Å². The zero-order chi connectivity index (χ0) is 61.2. The fraction of sp³-hybridized carbons (Fsp3) is 0.0563. The fourth-order valence-corrected chi connectivity index (χ4v) is 10.7. The van der Waals surface area contributed by atoms with Gasteiger partial charge in [-0.05, 0) is 86.3 Å². The van der Waals surface area contributed by atoms with Crippen molar-refractivity contribution in [3.63, 3.8) is 0 Å². The van der Waals surface area contributed by atoms with Crippen LogP contribution in [0.15, 0.2) is 236 Å². The molecule has 0 radical (unpaired) electrons. The Bertz CT molecular complexity index is 5190. The molecule has 0 bridgehead atoms. The summed E-state index contributed by atoms with van der Waals surface area (Å²) in [6.45, 7) is 6.49. The topological polar surface area (TPSA) is 64.6 Å². The summed E-state index contributed by atoms with van der Waals surface area (Å²) in [7, 11) is 0. The van der Waals surface area contributed by atoms with E-state index in [2.05, 4.69) is 145 Å². The first-order valence-corrected chi connectivity index (χ1v) is 25.4. The van der Waals surface area contributed by atoms with Gasteiger partial charge in [0.2, 0.25) is 0 Å². The standard InChI is InChI=1S/C71H48N6O.Pt/c1-71(2,3)51-37-38-73-68(42-51)77-64-36-33-50(58-28-18-29-61-59-25-13-14-30-63(59)76(70(58)61)52-23-11-6-12-24-52)41-62(64)60-35-34-54(44-67(60)77)78-55-40-47(45-72)39-53(43-55)74-46-75(66-32-16-15-31-65(66)74)69-56(48-19-7-4-8-20-48)26-17-27-57(69)49-21-9-5-10-22-49;/h4-42H,1-3H3;/q-2;/i4D,5D,7D,8D,9D,10D,19D,20D,21D,22D;. The van der Waals surface area contributed by atoms with Gasteiger partial charge in [0.15, 0.2) is 0 Å². The molecule has 0 aliphatic heterocycles. The van der Waals surface area contributed by atoms with Crippen molar-refractivity contribution in [3.8, 4) is 73.8 Å². The SMILES string of the molecule is [2H]c1c([2H])c([2H])c(-c2cccc(-c3c([2H])c([2H])c([2H])c([2H])c3[2H])c2-[n+]2[c-]n(-c3[c-]c(Oc4[c-]c5c(cc4)c4cc(-c6cccc7c8ccccc8n(-c8ccccc8)c67)ccc4n5-c4cc(C(C)(C)C)ccn4)cc(C#N)c3)c3ccccc32)c([2H])c1[2H].[Pt]. The number of hydrogen-bond donors (Lipinski definition) is 0. The van der Waals surface area contributed by atoms with Crippen LogP contribution in [0.5, 0.6) is 11.5 Å². The van der Waals surface area contributed by atoms with E-state index in [1.807, 2.05) is 30.5 Å². The number of ether oxygens (including phenoxy) is 1. The van der Waals surface area contributed by atoms with Crippen molar-refractivity contribution in [2.24, 2.45) is 0 Å². The Hall–Kier alpha value is -9.60. The molecule has 4 heterocycles. The van der Waals surface area contributed by atoms with Gasteiger partial charge < -0.3 is 18.4 Å². The predicted octanol–water partition coefficient (Wildman–Crippen LogP) is 16.9. The molecule has 0 aliphatic rings. The van der Waals surface area contributed by atoms with Gasteiger partial charge in [-0.1, -0.05) is 201 Å². The van der Waals surface area contributed by atoms with Crippen molar-refractivity contribution >= 4 is 54.6 Å². The largest absolute Gasteiger partial charge is 0.510 e. The number of imidazole rings is 1. The van der Waals surface area contributed by atoms with Crippen LogP contribution in [-0.2, 0) is 26.5 Å². The van der Waals surface area contributed by atoms with E-state index in [1.54, 1.807) is 63.7 Å². The van der Waals surface area contributed by atoms with Crippen LogP contribution in [0.2, 0.25) is 0 Å². The summed E-state index contributed by atoms with van der Waals surface area (Å²) in [6.07, 6.45) is 5.20. The van der Waals surface area contributed by atoms with Crippen molar-refractivity contribution < 1.29 is 44.1 Å². The second-order valence-corrected chi connectivity index (χ2v) is 20.0. The third-order valence-electron chi connectivity index (χ3n) is 14.3. The average molecular weight is 1210 g/mol. The van der Waals surface area contributed by atoms with E-state index in [0.29, 0.717) is 33.8 Å². The molecule has 8 heteroatoms. The second-order valence-electron chi connectivity index (χ2n) is 20.0. The van der Waals surface area contributed by atoms with E-state index in [1.165, 1.54) is 0 Å². The van der Waals surface area contributed by atoms with Gasteiger partial charge in [0.25, 0.3) is 6.33 Å². The predicted molar refractivity (Wildman–Crippen MR) is 314 cm³/mol. The molecule has 7 nitrogen and oxygen atoms in total. The maximum absolute atomic E-state index is 10.7. The van der Waals surface area contributed by atoms with Gasteiger partial charge in [0, 0.05) is 66.3 Å². The summed E-state index contributed by atoms with van der Waals surface area (Å²) < 4.78 is 102. The Morgan fingerprint density at radius 2 is 1.24 bits per heavy atom. The quantitative estimate of drug-likeness (QED) is 0.107. The third-order valence-corrected chi connectivity index (χ3v) is 14.3. The van der Waals surface area contributed by atoms with Gasteiger partial charge in [-0.3, -0.25) is 4.57 Å². The number of fused-ring (bicyclic) bond motifs is 7. The summed E-state index contributed by atoms with van der Waals surface area (Å²) in [5.74, 6) is 1.15. The van der Waals surface area contributed by atoms with E-state index < -0.39 is 60.4 Å². The first-order valence-electron chi connectivity index (χ1n) is 30.4. The number of nitriles is 1. The van der Waals surface area contributed by atoms with Gasteiger partial charge in [0.1, 0.15) is 5.82 Å². The van der Waals surface area contributed by atoms with E-state index in [0.717, 1.165) is 60.5 Å². The van der Waals surface area contributed by atoms with Crippen LogP contribution in [-0.4, -0.2) is 18.7 Å².